The molecular weight excluding hydrogens is 266 g/mol. The van der Waals surface area contributed by atoms with E-state index in [1.54, 1.807) is 12.1 Å². The Morgan fingerprint density at radius 3 is 2.38 bits per heavy atom. The maximum Gasteiger partial charge on any atom is 0.287 e. The van der Waals surface area contributed by atoms with Gasteiger partial charge in [-0.3, -0.25) is 4.79 Å². The van der Waals surface area contributed by atoms with E-state index in [0.29, 0.717) is 5.76 Å². The van der Waals surface area contributed by atoms with Crippen LogP contribution in [-0.4, -0.2) is 24.2 Å². The number of hydrogen-bond donors (Lipinski definition) is 2. The number of hydrogen-bond acceptors (Lipinski definition) is 3. The molecule has 0 fully saturated rings. The van der Waals surface area contributed by atoms with Crippen LogP contribution in [0.1, 0.15) is 36.9 Å². The molecule has 0 spiro atoms. The van der Waals surface area contributed by atoms with Gasteiger partial charge < -0.3 is 14.8 Å². The zero-order valence-electron chi connectivity index (χ0n) is 12.6. The Morgan fingerprint density at radius 2 is 1.81 bits per heavy atom. The van der Waals surface area contributed by atoms with Crippen LogP contribution in [0.5, 0.6) is 0 Å². The Kier molecular flexibility index (Phi) is 4.48. The van der Waals surface area contributed by atoms with Gasteiger partial charge in [0.25, 0.3) is 5.91 Å². The fourth-order valence-electron chi connectivity index (χ4n) is 2.01. The van der Waals surface area contributed by atoms with Crippen molar-refractivity contribution < 1.29 is 14.3 Å². The molecule has 0 bridgehead atoms. The Bertz CT molecular complexity index is 606. The largest absolute Gasteiger partial charge is 0.451 e. The topological polar surface area (TPSA) is 62.5 Å². The lowest BCUT2D eigenvalue weighted by atomic mass is 9.86. The van der Waals surface area contributed by atoms with Crippen molar-refractivity contribution in [2.75, 3.05) is 13.2 Å². The zero-order chi connectivity index (χ0) is 15.5. The monoisotopic (exact) mass is 287 g/mol. The molecule has 0 saturated carbocycles. The molecule has 21 heavy (non-hydrogen) atoms. The van der Waals surface area contributed by atoms with E-state index in [0.717, 1.165) is 5.56 Å². The summed E-state index contributed by atoms with van der Waals surface area (Å²) in [6.07, 6.45) is 0. The van der Waals surface area contributed by atoms with Gasteiger partial charge in [-0.15, -0.1) is 0 Å². The summed E-state index contributed by atoms with van der Waals surface area (Å²) < 4.78 is 5.56. The molecule has 0 unspecified atom stereocenters. The second-order valence-electron chi connectivity index (χ2n) is 5.97. The quantitative estimate of drug-likeness (QED) is 0.908. The van der Waals surface area contributed by atoms with Gasteiger partial charge in [-0.2, -0.15) is 0 Å². The van der Waals surface area contributed by atoms with Gasteiger partial charge in [0.05, 0.1) is 6.61 Å². The first-order chi connectivity index (χ1) is 9.91. The Hall–Kier alpha value is -2.07. The van der Waals surface area contributed by atoms with Crippen LogP contribution in [0.3, 0.4) is 0 Å². The second-order valence-corrected chi connectivity index (χ2v) is 5.97. The number of carbonyl (C=O) groups is 1. The third kappa shape index (κ3) is 3.73. The van der Waals surface area contributed by atoms with Gasteiger partial charge in [0.15, 0.2) is 5.76 Å². The standard InChI is InChI=1S/C17H21NO3/c1-17(2,3)13-6-4-12(5-7-13)14-8-9-15(21-14)16(20)18-10-11-19/h4-9,19H,10-11H2,1-3H3,(H,18,20). The van der Waals surface area contributed by atoms with Gasteiger partial charge in [0.2, 0.25) is 0 Å². The van der Waals surface area contributed by atoms with E-state index in [4.69, 9.17) is 9.52 Å². The van der Waals surface area contributed by atoms with Gasteiger partial charge >= 0.3 is 0 Å². The normalized spacial score (nSPS) is 11.4. The van der Waals surface area contributed by atoms with Crippen LogP contribution in [0, 0.1) is 0 Å². The number of benzene rings is 1. The van der Waals surface area contributed by atoms with Crippen molar-refractivity contribution in [2.24, 2.45) is 0 Å². The number of rotatable bonds is 4. The predicted molar refractivity (Wildman–Crippen MR) is 82.3 cm³/mol. The summed E-state index contributed by atoms with van der Waals surface area (Å²) >= 11 is 0. The number of carbonyl (C=O) groups excluding carboxylic acids is 1. The smallest absolute Gasteiger partial charge is 0.287 e. The van der Waals surface area contributed by atoms with Gasteiger partial charge in [-0.05, 0) is 23.1 Å². The maximum atomic E-state index is 11.7. The average Bonchev–Trinajstić information content (AvgIpc) is 2.94. The molecule has 2 aromatic rings. The summed E-state index contributed by atoms with van der Waals surface area (Å²) in [5.41, 5.74) is 2.29. The van der Waals surface area contributed by atoms with Crippen LogP contribution in [-0.2, 0) is 5.41 Å². The summed E-state index contributed by atoms with van der Waals surface area (Å²) in [7, 11) is 0. The molecule has 2 rings (SSSR count). The summed E-state index contributed by atoms with van der Waals surface area (Å²) in [5.74, 6) is 0.588. The minimum Gasteiger partial charge on any atom is -0.451 e. The highest BCUT2D eigenvalue weighted by atomic mass is 16.4. The number of furan rings is 1. The molecule has 2 N–H and O–H groups in total. The second kappa shape index (κ2) is 6.14. The van der Waals surface area contributed by atoms with E-state index >= 15 is 0 Å². The number of nitrogens with one attached hydrogen (secondary N) is 1. The molecule has 0 radical (unpaired) electrons. The number of aliphatic hydroxyl groups excluding tert-OH is 1. The Balaban J connectivity index is 2.16. The minimum absolute atomic E-state index is 0.0897. The van der Waals surface area contributed by atoms with Gasteiger partial charge in [0, 0.05) is 12.1 Å². The summed E-state index contributed by atoms with van der Waals surface area (Å²) in [6.45, 7) is 6.62. The minimum atomic E-state index is -0.318. The lowest BCUT2D eigenvalue weighted by Crippen LogP contribution is -2.25. The number of amides is 1. The van der Waals surface area contributed by atoms with E-state index in [2.05, 4.69) is 38.2 Å². The van der Waals surface area contributed by atoms with Crippen LogP contribution in [0.4, 0.5) is 0 Å². The van der Waals surface area contributed by atoms with Crippen molar-refractivity contribution in [1.82, 2.24) is 5.32 Å². The molecule has 1 aromatic carbocycles. The summed E-state index contributed by atoms with van der Waals surface area (Å²) in [6, 6.07) is 11.6. The molecule has 112 valence electrons. The van der Waals surface area contributed by atoms with Crippen molar-refractivity contribution in [2.45, 2.75) is 26.2 Å². The maximum absolute atomic E-state index is 11.7. The highest BCUT2D eigenvalue weighted by molar-refractivity contribution is 5.92. The lowest BCUT2D eigenvalue weighted by Gasteiger charge is -2.18. The molecule has 1 heterocycles. The van der Waals surface area contributed by atoms with Crippen molar-refractivity contribution >= 4 is 5.91 Å². The lowest BCUT2D eigenvalue weighted by molar-refractivity contribution is 0.0918. The van der Waals surface area contributed by atoms with Crippen molar-refractivity contribution in [3.8, 4) is 11.3 Å². The van der Waals surface area contributed by atoms with Crippen molar-refractivity contribution in [1.29, 1.82) is 0 Å². The van der Waals surface area contributed by atoms with E-state index in [-0.39, 0.29) is 30.2 Å². The molecule has 0 saturated heterocycles. The van der Waals surface area contributed by atoms with Crippen LogP contribution < -0.4 is 5.32 Å². The zero-order valence-corrected chi connectivity index (χ0v) is 12.6. The SMILES string of the molecule is CC(C)(C)c1ccc(-c2ccc(C(=O)NCCO)o2)cc1. The molecular formula is C17H21NO3. The first kappa shape index (κ1) is 15.3. The van der Waals surface area contributed by atoms with Crippen molar-refractivity contribution in [3.05, 3.63) is 47.7 Å². The van der Waals surface area contributed by atoms with Crippen LogP contribution >= 0.6 is 0 Å². The third-order valence-corrected chi connectivity index (χ3v) is 3.26. The van der Waals surface area contributed by atoms with Gasteiger partial charge in [-0.25, -0.2) is 0 Å². The fourth-order valence-corrected chi connectivity index (χ4v) is 2.01. The first-order valence-electron chi connectivity index (χ1n) is 7.01. The molecule has 0 aliphatic rings. The van der Waals surface area contributed by atoms with E-state index < -0.39 is 0 Å². The highest BCUT2D eigenvalue weighted by Crippen LogP contribution is 2.27. The fraction of sp³-hybridized carbons (Fsp3) is 0.353. The molecule has 0 aliphatic carbocycles. The van der Waals surface area contributed by atoms with E-state index in [1.807, 2.05) is 12.1 Å². The average molecular weight is 287 g/mol. The van der Waals surface area contributed by atoms with Crippen LogP contribution in [0.2, 0.25) is 0 Å². The molecule has 1 amide bonds. The molecule has 4 nitrogen and oxygen atoms in total. The predicted octanol–water partition coefficient (Wildman–Crippen LogP) is 2.97. The summed E-state index contributed by atoms with van der Waals surface area (Å²) in [4.78, 5) is 11.7. The van der Waals surface area contributed by atoms with Crippen molar-refractivity contribution in [3.63, 3.8) is 0 Å². The molecule has 1 aromatic heterocycles. The van der Waals surface area contributed by atoms with E-state index in [1.165, 1.54) is 5.56 Å². The third-order valence-electron chi connectivity index (χ3n) is 3.26. The van der Waals surface area contributed by atoms with Crippen LogP contribution in [0.25, 0.3) is 11.3 Å². The Morgan fingerprint density at radius 1 is 1.14 bits per heavy atom. The van der Waals surface area contributed by atoms with E-state index in [9.17, 15) is 4.79 Å². The number of aliphatic hydroxyl groups is 1. The molecule has 4 heteroatoms. The van der Waals surface area contributed by atoms with Gasteiger partial charge in [0.1, 0.15) is 5.76 Å². The Labute approximate surface area is 124 Å². The highest BCUT2D eigenvalue weighted by Gasteiger charge is 2.15. The first-order valence-corrected chi connectivity index (χ1v) is 7.01. The molecule has 0 aliphatic heterocycles. The van der Waals surface area contributed by atoms with Gasteiger partial charge in [-0.1, -0.05) is 45.0 Å². The summed E-state index contributed by atoms with van der Waals surface area (Å²) in [5, 5.41) is 11.3. The van der Waals surface area contributed by atoms with Crippen LogP contribution in [0.15, 0.2) is 40.8 Å². The molecule has 0 atom stereocenters.